The van der Waals surface area contributed by atoms with Crippen molar-refractivity contribution in [2.24, 2.45) is 0 Å². The van der Waals surface area contributed by atoms with Crippen molar-refractivity contribution >= 4 is 22.6 Å². The Hall–Kier alpha value is 0.507. The fraction of sp³-hybridized carbons (Fsp3) is 1.00. The molecule has 46 valence electrons. The van der Waals surface area contributed by atoms with Gasteiger partial charge in [0.15, 0.2) is 0 Å². The highest BCUT2D eigenvalue weighted by atomic mass is 35.5. The molecule has 0 saturated carbocycles. The lowest BCUT2D eigenvalue weighted by Gasteiger charge is -2.09. The molecule has 0 rings (SSSR count). The molecule has 2 heteroatoms. The summed E-state index contributed by atoms with van der Waals surface area (Å²) in [6, 6.07) is 0. The normalized spacial score (nSPS) is 10.3. The number of halogens is 1. The van der Waals surface area contributed by atoms with Crippen molar-refractivity contribution in [3.63, 3.8) is 0 Å². The van der Waals surface area contributed by atoms with E-state index >= 15 is 0 Å². The van der Waals surface area contributed by atoms with Gasteiger partial charge >= 0.3 is 0 Å². The Balaban J connectivity index is 0. The van der Waals surface area contributed by atoms with E-state index in [2.05, 4.69) is 6.92 Å². The summed E-state index contributed by atoms with van der Waals surface area (Å²) in [5, 5.41) is 0. The molecule has 0 heterocycles. The van der Waals surface area contributed by atoms with Crippen molar-refractivity contribution in [2.75, 3.05) is 0 Å². The summed E-state index contributed by atoms with van der Waals surface area (Å²) < 4.78 is 0. The Morgan fingerprint density at radius 1 is 1.43 bits per heavy atom. The molecule has 0 aromatic heterocycles. The van der Waals surface area contributed by atoms with Crippen molar-refractivity contribution in [1.29, 1.82) is 0 Å². The average Bonchev–Trinajstić information content (AvgIpc) is 1.35. The molecular weight excluding hydrogens is 124 g/mol. The third-order valence-corrected chi connectivity index (χ3v) is 1.11. The molecule has 0 unspecified atom stereocenters. The molecule has 0 N–H and O–H groups in total. The minimum Gasteiger partial charge on any atom is -0.120 e. The van der Waals surface area contributed by atoms with Crippen LogP contribution in [0.25, 0.3) is 0 Å². The molecule has 0 aliphatic heterocycles. The second kappa shape index (κ2) is 3.50. The van der Waals surface area contributed by atoms with E-state index in [9.17, 15) is 0 Å². The molecule has 0 fully saturated rings. The first-order valence-corrected chi connectivity index (χ1v) is 2.63. The van der Waals surface area contributed by atoms with Crippen LogP contribution >= 0.6 is 11.6 Å². The van der Waals surface area contributed by atoms with Gasteiger partial charge in [-0.1, -0.05) is 6.92 Å². The van der Waals surface area contributed by atoms with Gasteiger partial charge in [0.05, 0.1) is 0 Å². The maximum absolute atomic E-state index is 5.72. The monoisotopic (exact) mass is 138 g/mol. The van der Waals surface area contributed by atoms with Crippen molar-refractivity contribution < 1.29 is 0 Å². The number of alkyl halides is 1. The molecule has 0 amide bonds. The average molecular weight is 139 g/mol. The van der Waals surface area contributed by atoms with Crippen LogP contribution < -0.4 is 0 Å². The number of rotatable bonds is 1. The van der Waals surface area contributed by atoms with Gasteiger partial charge in [0, 0.05) is 4.87 Å². The third-order valence-electron chi connectivity index (χ3n) is 0.841. The van der Waals surface area contributed by atoms with Gasteiger partial charge in [0.1, 0.15) is 0 Å². The van der Waals surface area contributed by atoms with Crippen LogP contribution in [0, 0.1) is 0 Å². The second-order valence-electron chi connectivity index (χ2n) is 2.07. The van der Waals surface area contributed by atoms with Gasteiger partial charge in [-0.2, -0.15) is 0 Å². The van der Waals surface area contributed by atoms with E-state index in [1.807, 2.05) is 13.8 Å². The third kappa shape index (κ3) is 10.7. The van der Waals surface area contributed by atoms with Gasteiger partial charge in [-0.15, -0.1) is 11.6 Å². The van der Waals surface area contributed by atoms with Gasteiger partial charge in [0.2, 0.25) is 0 Å². The van der Waals surface area contributed by atoms with Crippen molar-refractivity contribution in [3.8, 4) is 0 Å². The van der Waals surface area contributed by atoms with E-state index in [4.69, 9.17) is 11.6 Å². The van der Waals surface area contributed by atoms with E-state index in [1.54, 1.807) is 0 Å². The van der Waals surface area contributed by atoms with Crippen LogP contribution in [0.3, 0.4) is 0 Å². The topological polar surface area (TPSA) is 0 Å². The summed E-state index contributed by atoms with van der Waals surface area (Å²) >= 11 is 5.72. The Morgan fingerprint density at radius 3 is 1.57 bits per heavy atom. The molecule has 0 spiro atoms. The standard InChI is InChI=1S/C5H11Cl.H4Si/c1-4-5(2,3)6;/h4H2,1-3H3;1H4. The fourth-order valence-electron chi connectivity index (χ4n) is 0. The van der Waals surface area contributed by atoms with Crippen molar-refractivity contribution in [3.05, 3.63) is 0 Å². The number of hydrogen-bond donors (Lipinski definition) is 0. The van der Waals surface area contributed by atoms with Crippen LogP contribution in [0.2, 0.25) is 0 Å². The Bertz CT molecular complexity index is 37.8. The van der Waals surface area contributed by atoms with Crippen molar-refractivity contribution in [1.82, 2.24) is 0 Å². The number of hydrogen-bond acceptors (Lipinski definition) is 0. The van der Waals surface area contributed by atoms with Gasteiger partial charge < -0.3 is 0 Å². The summed E-state index contributed by atoms with van der Waals surface area (Å²) in [5.41, 5.74) is 0. The molecule has 0 aliphatic rings. The minimum absolute atomic E-state index is 0. The smallest absolute Gasteiger partial charge is 0.0388 e. The molecule has 0 aromatic carbocycles. The Morgan fingerprint density at radius 2 is 1.57 bits per heavy atom. The minimum atomic E-state index is 0. The largest absolute Gasteiger partial charge is 0.120 e. The van der Waals surface area contributed by atoms with E-state index < -0.39 is 0 Å². The lowest BCUT2D eigenvalue weighted by Crippen LogP contribution is -2.05. The molecule has 0 aromatic rings. The molecule has 0 aliphatic carbocycles. The summed E-state index contributed by atoms with van der Waals surface area (Å²) in [6.07, 6.45) is 1.04. The molecular formula is C5H15ClSi. The van der Waals surface area contributed by atoms with Gasteiger partial charge in [-0.05, 0) is 31.2 Å². The zero-order chi connectivity index (χ0) is 5.21. The molecule has 0 radical (unpaired) electrons. The highest BCUT2D eigenvalue weighted by molar-refractivity contribution is 6.23. The van der Waals surface area contributed by atoms with E-state index in [-0.39, 0.29) is 15.8 Å². The van der Waals surface area contributed by atoms with Crippen LogP contribution in [0.15, 0.2) is 0 Å². The zero-order valence-electron chi connectivity index (χ0n) is 4.59. The second-order valence-corrected chi connectivity index (χ2v) is 3.10. The molecule has 0 bridgehead atoms. The predicted molar refractivity (Wildman–Crippen MR) is 41.6 cm³/mol. The maximum Gasteiger partial charge on any atom is 0.0388 e. The highest BCUT2D eigenvalue weighted by Crippen LogP contribution is 2.15. The van der Waals surface area contributed by atoms with Gasteiger partial charge in [-0.25, -0.2) is 0 Å². The van der Waals surface area contributed by atoms with E-state index in [0.29, 0.717) is 0 Å². The lowest BCUT2D eigenvalue weighted by molar-refractivity contribution is 0.671. The SMILES string of the molecule is CCC(C)(C)Cl.[SiH4]. The van der Waals surface area contributed by atoms with Crippen LogP contribution in [-0.2, 0) is 0 Å². The molecule has 0 saturated heterocycles. The summed E-state index contributed by atoms with van der Waals surface area (Å²) in [7, 11) is 0. The molecule has 0 atom stereocenters. The first-order chi connectivity index (χ1) is 2.56. The fourth-order valence-corrected chi connectivity index (χ4v) is 0. The summed E-state index contributed by atoms with van der Waals surface area (Å²) in [5.74, 6) is 0. The first kappa shape index (κ1) is 10.5. The van der Waals surface area contributed by atoms with Crippen LogP contribution in [0.5, 0.6) is 0 Å². The molecule has 0 nitrogen and oxygen atoms in total. The maximum atomic E-state index is 5.72. The van der Waals surface area contributed by atoms with Crippen LogP contribution in [-0.4, -0.2) is 15.8 Å². The zero-order valence-corrected chi connectivity index (χ0v) is 5.34. The predicted octanol–water partition coefficient (Wildman–Crippen LogP) is 0.962. The highest BCUT2D eigenvalue weighted by Gasteiger charge is 2.06. The first-order valence-electron chi connectivity index (χ1n) is 2.25. The molecule has 7 heavy (non-hydrogen) atoms. The van der Waals surface area contributed by atoms with Crippen LogP contribution in [0.1, 0.15) is 27.2 Å². The van der Waals surface area contributed by atoms with Crippen LogP contribution in [0.4, 0.5) is 0 Å². The summed E-state index contributed by atoms with van der Waals surface area (Å²) in [4.78, 5) is 0.0139. The Labute approximate surface area is 55.3 Å². The lowest BCUT2D eigenvalue weighted by atomic mass is 10.1. The van der Waals surface area contributed by atoms with Crippen molar-refractivity contribution in [2.45, 2.75) is 32.1 Å². The van der Waals surface area contributed by atoms with E-state index in [0.717, 1.165) is 6.42 Å². The van der Waals surface area contributed by atoms with Gasteiger partial charge in [0.25, 0.3) is 0 Å². The Kier molecular flexibility index (Phi) is 5.24. The summed E-state index contributed by atoms with van der Waals surface area (Å²) in [6.45, 7) is 6.09. The van der Waals surface area contributed by atoms with E-state index in [1.165, 1.54) is 0 Å². The van der Waals surface area contributed by atoms with Gasteiger partial charge in [-0.3, -0.25) is 0 Å². The quantitative estimate of drug-likeness (QED) is 0.374.